The fourth-order valence-electron chi connectivity index (χ4n) is 1.26. The highest BCUT2D eigenvalue weighted by Crippen LogP contribution is 2.12. The van der Waals surface area contributed by atoms with Gasteiger partial charge in [0, 0.05) is 26.3 Å². The molecule has 0 aliphatic rings. The topological polar surface area (TPSA) is 26.7 Å². The molecule has 0 heterocycles. The van der Waals surface area contributed by atoms with Crippen LogP contribution in [-0.4, -0.2) is 37.9 Å². The highest BCUT2D eigenvalue weighted by Gasteiger charge is 1.99. The number of aliphatic hydroxyl groups excluding tert-OH is 1. The Morgan fingerprint density at radius 3 is 2.07 bits per heavy atom. The Morgan fingerprint density at radius 1 is 1.07 bits per heavy atom. The van der Waals surface area contributed by atoms with Gasteiger partial charge in [-0.3, -0.25) is 4.90 Å². The summed E-state index contributed by atoms with van der Waals surface area (Å²) in [4.78, 5) is 3.92. The number of rotatable bonds is 4. The van der Waals surface area contributed by atoms with Crippen molar-refractivity contribution >= 4 is 5.69 Å². The van der Waals surface area contributed by atoms with E-state index in [9.17, 15) is 0 Å². The summed E-state index contributed by atoms with van der Waals surface area (Å²) in [5, 5.41) is 8.86. The van der Waals surface area contributed by atoms with Crippen LogP contribution in [0.3, 0.4) is 0 Å². The first-order chi connectivity index (χ1) is 6.63. The van der Waals surface area contributed by atoms with Crippen molar-refractivity contribution in [3.8, 4) is 0 Å². The minimum absolute atomic E-state index is 0.0927. The van der Waals surface area contributed by atoms with E-state index in [0.717, 1.165) is 6.54 Å². The highest BCUT2D eigenvalue weighted by molar-refractivity contribution is 5.45. The smallest absolute Gasteiger partial charge is 0.0956 e. The van der Waals surface area contributed by atoms with E-state index in [4.69, 9.17) is 5.11 Å². The lowest BCUT2D eigenvalue weighted by atomic mass is 10.2. The van der Waals surface area contributed by atoms with Crippen LogP contribution in [0, 0.1) is 0 Å². The van der Waals surface area contributed by atoms with E-state index < -0.39 is 0 Å². The maximum absolute atomic E-state index is 8.86. The second kappa shape index (κ2) is 4.98. The molecule has 0 bridgehead atoms. The molecule has 0 aliphatic heterocycles. The van der Waals surface area contributed by atoms with Gasteiger partial charge in [-0.15, -0.1) is 0 Å². The van der Waals surface area contributed by atoms with Crippen LogP contribution in [0.1, 0.15) is 5.56 Å². The molecule has 1 aromatic rings. The monoisotopic (exact) mass is 194 g/mol. The third-order valence-corrected chi connectivity index (χ3v) is 2.15. The van der Waals surface area contributed by atoms with Crippen molar-refractivity contribution in [1.29, 1.82) is 0 Å². The summed E-state index contributed by atoms with van der Waals surface area (Å²) in [7, 11) is 5.93. The van der Waals surface area contributed by atoms with Crippen LogP contribution in [-0.2, 0) is 6.54 Å². The number of aliphatic hydroxyl groups is 1. The Hall–Kier alpha value is -1.06. The first kappa shape index (κ1) is 11.0. The van der Waals surface area contributed by atoms with Crippen LogP contribution in [0.2, 0.25) is 0 Å². The SMILES string of the molecule is CN(CO)Cc1ccc(N(C)C)cc1. The summed E-state index contributed by atoms with van der Waals surface area (Å²) < 4.78 is 0. The van der Waals surface area contributed by atoms with Crippen molar-refractivity contribution in [3.63, 3.8) is 0 Å². The quantitative estimate of drug-likeness (QED) is 0.728. The fraction of sp³-hybridized carbons (Fsp3) is 0.455. The molecule has 0 aromatic heterocycles. The van der Waals surface area contributed by atoms with E-state index in [1.54, 1.807) is 0 Å². The van der Waals surface area contributed by atoms with Crippen LogP contribution < -0.4 is 4.90 Å². The van der Waals surface area contributed by atoms with Gasteiger partial charge < -0.3 is 10.0 Å². The number of anilines is 1. The minimum atomic E-state index is 0.0927. The van der Waals surface area contributed by atoms with Crippen molar-refractivity contribution < 1.29 is 5.11 Å². The zero-order valence-corrected chi connectivity index (χ0v) is 9.07. The van der Waals surface area contributed by atoms with E-state index in [1.165, 1.54) is 11.3 Å². The van der Waals surface area contributed by atoms with Crippen LogP contribution in [0.25, 0.3) is 0 Å². The Balaban J connectivity index is 2.64. The van der Waals surface area contributed by atoms with Gasteiger partial charge in [-0.25, -0.2) is 0 Å². The summed E-state index contributed by atoms with van der Waals surface area (Å²) in [6, 6.07) is 8.34. The van der Waals surface area contributed by atoms with E-state index in [1.807, 2.05) is 26.0 Å². The van der Waals surface area contributed by atoms with E-state index in [0.29, 0.717) is 0 Å². The van der Waals surface area contributed by atoms with E-state index in [2.05, 4.69) is 29.2 Å². The number of hydrogen-bond acceptors (Lipinski definition) is 3. The Bertz CT molecular complexity index is 269. The first-order valence-electron chi connectivity index (χ1n) is 4.69. The third kappa shape index (κ3) is 3.01. The molecule has 0 saturated carbocycles. The Labute approximate surface area is 85.6 Å². The molecule has 0 fully saturated rings. The third-order valence-electron chi connectivity index (χ3n) is 2.15. The van der Waals surface area contributed by atoms with E-state index >= 15 is 0 Å². The van der Waals surface area contributed by atoms with Crippen LogP contribution in [0.4, 0.5) is 5.69 Å². The average Bonchev–Trinajstić information content (AvgIpc) is 2.18. The first-order valence-corrected chi connectivity index (χ1v) is 4.69. The zero-order valence-electron chi connectivity index (χ0n) is 9.07. The molecule has 0 radical (unpaired) electrons. The molecule has 1 aromatic carbocycles. The normalized spacial score (nSPS) is 10.6. The predicted octanol–water partition coefficient (Wildman–Crippen LogP) is 1.13. The van der Waals surface area contributed by atoms with Gasteiger partial charge in [-0.1, -0.05) is 12.1 Å². The van der Waals surface area contributed by atoms with Gasteiger partial charge in [0.2, 0.25) is 0 Å². The minimum Gasteiger partial charge on any atom is -0.381 e. The molecule has 1 rings (SSSR count). The van der Waals surface area contributed by atoms with Crippen molar-refractivity contribution in [3.05, 3.63) is 29.8 Å². The average molecular weight is 194 g/mol. The molecular formula is C11H18N2O. The van der Waals surface area contributed by atoms with Gasteiger partial charge in [0.25, 0.3) is 0 Å². The second-order valence-electron chi connectivity index (χ2n) is 3.72. The van der Waals surface area contributed by atoms with Gasteiger partial charge in [-0.05, 0) is 24.7 Å². The summed E-state index contributed by atoms with van der Waals surface area (Å²) in [6.45, 7) is 0.875. The van der Waals surface area contributed by atoms with Gasteiger partial charge in [0.05, 0.1) is 6.73 Å². The molecule has 0 amide bonds. The molecule has 78 valence electrons. The van der Waals surface area contributed by atoms with Gasteiger partial charge >= 0.3 is 0 Å². The Kier molecular flexibility index (Phi) is 3.92. The zero-order chi connectivity index (χ0) is 10.6. The van der Waals surface area contributed by atoms with Crippen molar-refractivity contribution in [2.24, 2.45) is 0 Å². The fourth-order valence-corrected chi connectivity index (χ4v) is 1.26. The predicted molar refractivity (Wildman–Crippen MR) is 59.3 cm³/mol. The molecule has 0 unspecified atom stereocenters. The summed E-state index contributed by atoms with van der Waals surface area (Å²) in [5.41, 5.74) is 2.41. The Morgan fingerprint density at radius 2 is 1.64 bits per heavy atom. The van der Waals surface area contributed by atoms with Crippen LogP contribution in [0.15, 0.2) is 24.3 Å². The number of hydrogen-bond donors (Lipinski definition) is 1. The molecule has 0 saturated heterocycles. The highest BCUT2D eigenvalue weighted by atomic mass is 16.3. The lowest BCUT2D eigenvalue weighted by Crippen LogP contribution is -2.18. The maximum Gasteiger partial charge on any atom is 0.0956 e. The molecule has 0 aliphatic carbocycles. The van der Waals surface area contributed by atoms with Gasteiger partial charge in [0.15, 0.2) is 0 Å². The summed E-state index contributed by atoms with van der Waals surface area (Å²) in [6.07, 6.45) is 0. The summed E-state index contributed by atoms with van der Waals surface area (Å²) >= 11 is 0. The van der Waals surface area contributed by atoms with Crippen LogP contribution >= 0.6 is 0 Å². The molecular weight excluding hydrogens is 176 g/mol. The molecule has 14 heavy (non-hydrogen) atoms. The van der Waals surface area contributed by atoms with Crippen molar-refractivity contribution in [2.45, 2.75) is 6.54 Å². The van der Waals surface area contributed by atoms with Crippen molar-refractivity contribution in [2.75, 3.05) is 32.8 Å². The lowest BCUT2D eigenvalue weighted by molar-refractivity contribution is 0.127. The van der Waals surface area contributed by atoms with E-state index in [-0.39, 0.29) is 6.73 Å². The second-order valence-corrected chi connectivity index (χ2v) is 3.72. The molecule has 0 atom stereocenters. The van der Waals surface area contributed by atoms with Gasteiger partial charge in [-0.2, -0.15) is 0 Å². The largest absolute Gasteiger partial charge is 0.381 e. The molecule has 0 spiro atoms. The number of nitrogens with zero attached hydrogens (tertiary/aromatic N) is 2. The summed E-state index contributed by atoms with van der Waals surface area (Å²) in [5.74, 6) is 0. The van der Waals surface area contributed by atoms with Gasteiger partial charge in [0.1, 0.15) is 0 Å². The van der Waals surface area contributed by atoms with Crippen molar-refractivity contribution in [1.82, 2.24) is 4.90 Å². The molecule has 1 N–H and O–H groups in total. The van der Waals surface area contributed by atoms with Crippen LogP contribution in [0.5, 0.6) is 0 Å². The molecule has 3 nitrogen and oxygen atoms in total. The lowest BCUT2D eigenvalue weighted by Gasteiger charge is -2.15. The maximum atomic E-state index is 8.86. The standard InChI is InChI=1S/C11H18N2O/c1-12(2)11-6-4-10(5-7-11)8-13(3)9-14/h4-7,14H,8-9H2,1-3H3. The molecule has 3 heteroatoms. The number of benzene rings is 1.